The Bertz CT molecular complexity index is 298. The van der Waals surface area contributed by atoms with Crippen LogP contribution >= 0.6 is 0 Å². The molecule has 6 heteroatoms. The van der Waals surface area contributed by atoms with Crippen molar-refractivity contribution in [2.24, 2.45) is 5.73 Å². The molecule has 1 rings (SSSR count). The highest BCUT2D eigenvalue weighted by molar-refractivity contribution is 5.85. The molecule has 0 bridgehead atoms. The summed E-state index contributed by atoms with van der Waals surface area (Å²) < 4.78 is 0. The number of piperazine rings is 1. The van der Waals surface area contributed by atoms with Gasteiger partial charge < -0.3 is 16.4 Å². The lowest BCUT2D eigenvalue weighted by molar-refractivity contribution is -0.132. The van der Waals surface area contributed by atoms with Crippen LogP contribution in [0.2, 0.25) is 0 Å². The third-order valence-corrected chi connectivity index (χ3v) is 3.35. The predicted molar refractivity (Wildman–Crippen MR) is 70.0 cm³/mol. The lowest BCUT2D eigenvalue weighted by atomic mass is 10.0. The molecule has 18 heavy (non-hydrogen) atoms. The van der Waals surface area contributed by atoms with Crippen molar-refractivity contribution in [3.63, 3.8) is 0 Å². The number of nitrogens with one attached hydrogen (secondary N) is 2. The van der Waals surface area contributed by atoms with Crippen LogP contribution in [0.3, 0.4) is 0 Å². The minimum atomic E-state index is -0.505. The maximum Gasteiger partial charge on any atom is 0.239 e. The fourth-order valence-corrected chi connectivity index (χ4v) is 2.05. The topological polar surface area (TPSA) is 87.5 Å². The van der Waals surface area contributed by atoms with Gasteiger partial charge in [0, 0.05) is 39.1 Å². The highest BCUT2D eigenvalue weighted by atomic mass is 16.2. The van der Waals surface area contributed by atoms with Gasteiger partial charge in [0.1, 0.15) is 0 Å². The summed E-state index contributed by atoms with van der Waals surface area (Å²) in [5.41, 5.74) is 4.54. The Morgan fingerprint density at radius 1 is 1.33 bits per heavy atom. The van der Waals surface area contributed by atoms with Gasteiger partial charge in [-0.15, -0.1) is 0 Å². The lowest BCUT2D eigenvalue weighted by Crippen LogP contribution is -2.60. The molecule has 0 aromatic carbocycles. The van der Waals surface area contributed by atoms with Gasteiger partial charge >= 0.3 is 0 Å². The number of nitrogens with zero attached hydrogens (tertiary/aromatic N) is 1. The largest absolute Gasteiger partial charge is 0.370 e. The van der Waals surface area contributed by atoms with Crippen molar-refractivity contribution in [2.75, 3.05) is 32.7 Å². The number of hydrogen-bond donors (Lipinski definition) is 3. The van der Waals surface area contributed by atoms with E-state index in [1.54, 1.807) is 0 Å². The van der Waals surface area contributed by atoms with Gasteiger partial charge in [0.25, 0.3) is 0 Å². The zero-order valence-electron chi connectivity index (χ0n) is 11.3. The van der Waals surface area contributed by atoms with Crippen LogP contribution in [-0.4, -0.2) is 55.0 Å². The van der Waals surface area contributed by atoms with E-state index in [2.05, 4.69) is 15.5 Å². The minimum absolute atomic E-state index is 0.00821. The summed E-state index contributed by atoms with van der Waals surface area (Å²) in [6, 6.07) is 0. The molecule has 0 unspecified atom stereocenters. The second-order valence-electron chi connectivity index (χ2n) is 5.12. The number of rotatable bonds is 6. The van der Waals surface area contributed by atoms with Gasteiger partial charge in [0.05, 0.1) is 5.54 Å². The maximum atomic E-state index is 12.1. The molecule has 0 radical (unpaired) electrons. The second kappa shape index (κ2) is 6.70. The zero-order valence-corrected chi connectivity index (χ0v) is 11.3. The van der Waals surface area contributed by atoms with Crippen LogP contribution in [-0.2, 0) is 9.59 Å². The van der Waals surface area contributed by atoms with Crippen LogP contribution in [0, 0.1) is 0 Å². The Morgan fingerprint density at radius 2 is 1.94 bits per heavy atom. The molecule has 1 aliphatic rings. The third kappa shape index (κ3) is 4.27. The Hall–Kier alpha value is -1.14. The maximum absolute atomic E-state index is 12.1. The van der Waals surface area contributed by atoms with Crippen molar-refractivity contribution in [3.8, 4) is 0 Å². The van der Waals surface area contributed by atoms with E-state index >= 15 is 0 Å². The molecule has 0 saturated carbocycles. The first kappa shape index (κ1) is 14.9. The van der Waals surface area contributed by atoms with Crippen molar-refractivity contribution in [1.29, 1.82) is 0 Å². The molecule has 104 valence electrons. The zero-order chi connectivity index (χ0) is 13.6. The number of nitrogens with two attached hydrogens (primary N) is 1. The number of amides is 2. The number of primary amides is 1. The monoisotopic (exact) mass is 256 g/mol. The van der Waals surface area contributed by atoms with E-state index in [0.717, 1.165) is 26.2 Å². The van der Waals surface area contributed by atoms with E-state index in [1.165, 1.54) is 0 Å². The highest BCUT2D eigenvalue weighted by Crippen LogP contribution is 2.15. The minimum Gasteiger partial charge on any atom is -0.370 e. The van der Waals surface area contributed by atoms with E-state index < -0.39 is 5.54 Å². The van der Waals surface area contributed by atoms with E-state index in [1.807, 2.05) is 13.8 Å². The van der Waals surface area contributed by atoms with Crippen molar-refractivity contribution >= 4 is 11.8 Å². The first-order valence-electron chi connectivity index (χ1n) is 6.47. The molecule has 4 N–H and O–H groups in total. The Kier molecular flexibility index (Phi) is 5.55. The fraction of sp³-hybridized carbons (Fsp3) is 0.833. The molecule has 0 atom stereocenters. The number of carbonyl (C=O) groups is 2. The molecule has 1 heterocycles. The first-order valence-corrected chi connectivity index (χ1v) is 6.47. The van der Waals surface area contributed by atoms with Gasteiger partial charge in [-0.2, -0.15) is 0 Å². The van der Waals surface area contributed by atoms with Gasteiger partial charge in [0.2, 0.25) is 11.8 Å². The average Bonchev–Trinajstić information content (AvgIpc) is 2.35. The van der Waals surface area contributed by atoms with Crippen molar-refractivity contribution in [3.05, 3.63) is 0 Å². The molecule has 0 spiro atoms. The Morgan fingerprint density at radius 3 is 2.50 bits per heavy atom. The van der Waals surface area contributed by atoms with Gasteiger partial charge in [-0.25, -0.2) is 0 Å². The Labute approximate surface area is 108 Å². The summed E-state index contributed by atoms with van der Waals surface area (Å²) in [7, 11) is 0. The van der Waals surface area contributed by atoms with E-state index in [-0.39, 0.29) is 11.8 Å². The third-order valence-electron chi connectivity index (χ3n) is 3.35. The molecular formula is C12H24N4O2. The van der Waals surface area contributed by atoms with Crippen LogP contribution in [0.4, 0.5) is 0 Å². The summed E-state index contributed by atoms with van der Waals surface area (Å²) >= 11 is 0. The molecule has 0 aliphatic carbocycles. The van der Waals surface area contributed by atoms with Crippen LogP contribution < -0.4 is 16.4 Å². The second-order valence-corrected chi connectivity index (χ2v) is 5.12. The normalized spacial score (nSPS) is 17.4. The van der Waals surface area contributed by atoms with E-state index in [9.17, 15) is 9.59 Å². The van der Waals surface area contributed by atoms with E-state index in [0.29, 0.717) is 19.4 Å². The molecule has 1 aliphatic heterocycles. The molecule has 1 saturated heterocycles. The molecule has 0 aromatic heterocycles. The highest BCUT2D eigenvalue weighted by Gasteiger charge is 2.34. The standard InChI is InChI=1S/C12H24N4O2/c1-12(2,16-8-6-14-7-9-16)11(18)15-5-3-4-10(13)17/h14H,3-9H2,1-2H3,(H2,13,17)(H,15,18). The van der Waals surface area contributed by atoms with Crippen LogP contribution in [0.1, 0.15) is 26.7 Å². The summed E-state index contributed by atoms with van der Waals surface area (Å²) in [4.78, 5) is 24.9. The van der Waals surface area contributed by atoms with Crippen molar-refractivity contribution in [1.82, 2.24) is 15.5 Å². The molecule has 1 fully saturated rings. The van der Waals surface area contributed by atoms with Crippen LogP contribution in [0.15, 0.2) is 0 Å². The number of hydrogen-bond acceptors (Lipinski definition) is 4. The molecule has 6 nitrogen and oxygen atoms in total. The number of carbonyl (C=O) groups excluding carboxylic acids is 2. The summed E-state index contributed by atoms with van der Waals surface area (Å²) in [5.74, 6) is -0.320. The van der Waals surface area contributed by atoms with Crippen molar-refractivity contribution < 1.29 is 9.59 Å². The van der Waals surface area contributed by atoms with Gasteiger partial charge in [0.15, 0.2) is 0 Å². The molecule has 0 aromatic rings. The van der Waals surface area contributed by atoms with Gasteiger partial charge in [-0.3, -0.25) is 14.5 Å². The fourth-order valence-electron chi connectivity index (χ4n) is 2.05. The Balaban J connectivity index is 2.36. The van der Waals surface area contributed by atoms with Crippen LogP contribution in [0.5, 0.6) is 0 Å². The smallest absolute Gasteiger partial charge is 0.239 e. The summed E-state index contributed by atoms with van der Waals surface area (Å²) in [5, 5.41) is 6.13. The summed E-state index contributed by atoms with van der Waals surface area (Å²) in [6.07, 6.45) is 0.910. The lowest BCUT2D eigenvalue weighted by Gasteiger charge is -2.39. The van der Waals surface area contributed by atoms with Crippen molar-refractivity contribution in [2.45, 2.75) is 32.2 Å². The summed E-state index contributed by atoms with van der Waals surface area (Å²) in [6.45, 7) is 7.95. The first-order chi connectivity index (χ1) is 8.44. The molecular weight excluding hydrogens is 232 g/mol. The SMILES string of the molecule is CC(C)(C(=O)NCCCC(N)=O)N1CCNCC1. The predicted octanol–water partition coefficient (Wildman–Crippen LogP) is -0.948. The van der Waals surface area contributed by atoms with Gasteiger partial charge in [-0.1, -0.05) is 0 Å². The average molecular weight is 256 g/mol. The van der Waals surface area contributed by atoms with Gasteiger partial charge in [-0.05, 0) is 20.3 Å². The quantitative estimate of drug-likeness (QED) is 0.535. The molecule has 2 amide bonds. The van der Waals surface area contributed by atoms with Crippen LogP contribution in [0.25, 0.3) is 0 Å². The van der Waals surface area contributed by atoms with E-state index in [4.69, 9.17) is 5.73 Å².